The second kappa shape index (κ2) is 6.60. The zero-order valence-electron chi connectivity index (χ0n) is 15.5. The van der Waals surface area contributed by atoms with Crippen molar-refractivity contribution in [2.45, 2.75) is 6.04 Å². The van der Waals surface area contributed by atoms with Crippen molar-refractivity contribution in [2.75, 3.05) is 12.0 Å². The SMILES string of the molecule is COc1cccc([C@H]2c3c(oc4ccccc4c3=O)C(=O)N2c2ccccn2)c1. The monoisotopic (exact) mass is 384 g/mol. The molecule has 0 unspecified atom stereocenters. The van der Waals surface area contributed by atoms with Crippen molar-refractivity contribution in [1.82, 2.24) is 4.98 Å². The van der Waals surface area contributed by atoms with Crippen molar-refractivity contribution in [3.05, 3.63) is 100 Å². The summed E-state index contributed by atoms with van der Waals surface area (Å²) in [6.45, 7) is 0. The summed E-state index contributed by atoms with van der Waals surface area (Å²) in [6, 6.07) is 18.9. The molecular weight excluding hydrogens is 368 g/mol. The Bertz CT molecular complexity index is 1300. The molecule has 1 amide bonds. The number of aromatic nitrogens is 1. The number of fused-ring (bicyclic) bond motifs is 2. The molecule has 2 aromatic carbocycles. The summed E-state index contributed by atoms with van der Waals surface area (Å²) in [5.41, 5.74) is 1.22. The van der Waals surface area contributed by atoms with Gasteiger partial charge < -0.3 is 9.15 Å². The second-order valence-electron chi connectivity index (χ2n) is 6.71. The molecule has 0 aliphatic carbocycles. The Balaban J connectivity index is 1.82. The molecule has 0 spiro atoms. The van der Waals surface area contributed by atoms with Crippen molar-refractivity contribution in [2.24, 2.45) is 0 Å². The highest BCUT2D eigenvalue weighted by Gasteiger charge is 2.44. The van der Waals surface area contributed by atoms with Crippen LogP contribution in [0.25, 0.3) is 11.0 Å². The number of ether oxygens (including phenoxy) is 1. The van der Waals surface area contributed by atoms with Gasteiger partial charge in [0, 0.05) is 6.20 Å². The minimum atomic E-state index is -0.664. The lowest BCUT2D eigenvalue weighted by Gasteiger charge is -2.24. The number of para-hydroxylation sites is 1. The van der Waals surface area contributed by atoms with Crippen LogP contribution in [0, 0.1) is 0 Å². The molecule has 142 valence electrons. The highest BCUT2D eigenvalue weighted by Crippen LogP contribution is 2.41. The van der Waals surface area contributed by atoms with Gasteiger partial charge in [0.1, 0.15) is 17.2 Å². The van der Waals surface area contributed by atoms with Crippen LogP contribution in [0.4, 0.5) is 5.82 Å². The number of carbonyl (C=O) groups is 1. The summed E-state index contributed by atoms with van der Waals surface area (Å²) in [5, 5.41) is 0.440. The second-order valence-corrected chi connectivity index (χ2v) is 6.71. The van der Waals surface area contributed by atoms with Crippen molar-refractivity contribution >= 4 is 22.7 Å². The Hall–Kier alpha value is -3.93. The predicted molar refractivity (Wildman–Crippen MR) is 108 cm³/mol. The first-order valence-corrected chi connectivity index (χ1v) is 9.13. The molecule has 0 saturated carbocycles. The topological polar surface area (TPSA) is 72.6 Å². The van der Waals surface area contributed by atoms with E-state index in [1.54, 1.807) is 55.8 Å². The molecule has 1 aliphatic heterocycles. The molecule has 2 aromatic heterocycles. The molecule has 6 heteroatoms. The fourth-order valence-electron chi connectivity index (χ4n) is 3.78. The zero-order valence-corrected chi connectivity index (χ0v) is 15.5. The third kappa shape index (κ3) is 2.61. The minimum Gasteiger partial charge on any atom is -0.497 e. The standard InChI is InChI=1S/C23H16N2O4/c1-28-15-8-6-7-14(13-15)20-19-21(26)16-9-2-3-10-17(16)29-22(19)23(27)25(20)18-11-4-5-12-24-18/h2-13,20H,1H3/t20-/m0/s1. The highest BCUT2D eigenvalue weighted by molar-refractivity contribution is 6.10. The molecular formula is C23H16N2O4. The number of anilines is 1. The number of rotatable bonds is 3. The van der Waals surface area contributed by atoms with Crippen LogP contribution in [-0.2, 0) is 0 Å². The normalized spacial score (nSPS) is 15.6. The van der Waals surface area contributed by atoms with Gasteiger partial charge in [0.2, 0.25) is 5.76 Å². The number of hydrogen-bond acceptors (Lipinski definition) is 5. The minimum absolute atomic E-state index is 0.0483. The molecule has 0 radical (unpaired) electrons. The van der Waals surface area contributed by atoms with Gasteiger partial charge in [-0.3, -0.25) is 14.5 Å². The van der Waals surface area contributed by atoms with Crippen molar-refractivity contribution in [3.63, 3.8) is 0 Å². The van der Waals surface area contributed by atoms with Gasteiger partial charge in [0.15, 0.2) is 5.43 Å². The highest BCUT2D eigenvalue weighted by atomic mass is 16.5. The largest absolute Gasteiger partial charge is 0.497 e. The molecule has 1 aliphatic rings. The summed E-state index contributed by atoms with van der Waals surface area (Å²) in [5.74, 6) is 0.733. The van der Waals surface area contributed by atoms with E-state index in [0.717, 1.165) is 5.56 Å². The molecule has 29 heavy (non-hydrogen) atoms. The van der Waals surface area contributed by atoms with Crippen LogP contribution < -0.4 is 15.1 Å². The van der Waals surface area contributed by atoms with Crippen LogP contribution in [-0.4, -0.2) is 18.0 Å². The molecule has 0 fully saturated rings. The summed E-state index contributed by atoms with van der Waals surface area (Å²) >= 11 is 0. The number of amides is 1. The van der Waals surface area contributed by atoms with E-state index in [0.29, 0.717) is 28.1 Å². The molecule has 6 nitrogen and oxygen atoms in total. The smallest absolute Gasteiger partial charge is 0.296 e. The Kier molecular flexibility index (Phi) is 3.91. The van der Waals surface area contributed by atoms with Crippen molar-refractivity contribution in [3.8, 4) is 5.75 Å². The summed E-state index contributed by atoms with van der Waals surface area (Å²) < 4.78 is 11.3. The van der Waals surface area contributed by atoms with Gasteiger partial charge in [-0.15, -0.1) is 0 Å². The van der Waals surface area contributed by atoms with E-state index in [9.17, 15) is 9.59 Å². The van der Waals surface area contributed by atoms with E-state index in [1.807, 2.05) is 24.3 Å². The number of benzene rings is 2. The van der Waals surface area contributed by atoms with Gasteiger partial charge in [-0.1, -0.05) is 30.3 Å². The molecule has 0 N–H and O–H groups in total. The molecule has 0 saturated heterocycles. The average molecular weight is 384 g/mol. The lowest BCUT2D eigenvalue weighted by atomic mass is 9.98. The maximum absolute atomic E-state index is 13.4. The van der Waals surface area contributed by atoms with E-state index in [4.69, 9.17) is 9.15 Å². The van der Waals surface area contributed by atoms with Crippen LogP contribution in [0.5, 0.6) is 5.75 Å². The number of hydrogen-bond donors (Lipinski definition) is 0. The summed E-state index contributed by atoms with van der Waals surface area (Å²) in [6.07, 6.45) is 1.61. The van der Waals surface area contributed by atoms with Gasteiger partial charge in [-0.25, -0.2) is 4.98 Å². The third-order valence-corrected chi connectivity index (χ3v) is 5.08. The van der Waals surface area contributed by atoms with Crippen LogP contribution in [0.15, 0.2) is 82.1 Å². The molecule has 0 bridgehead atoms. The van der Waals surface area contributed by atoms with Crippen molar-refractivity contribution < 1.29 is 13.9 Å². The van der Waals surface area contributed by atoms with E-state index < -0.39 is 11.9 Å². The Labute approximate surface area is 166 Å². The van der Waals surface area contributed by atoms with E-state index in [2.05, 4.69) is 4.98 Å². The van der Waals surface area contributed by atoms with Gasteiger partial charge in [0.05, 0.1) is 24.1 Å². The number of nitrogens with zero attached hydrogens (tertiary/aromatic N) is 2. The lowest BCUT2D eigenvalue weighted by Crippen LogP contribution is -2.30. The van der Waals surface area contributed by atoms with Crippen LogP contribution in [0.3, 0.4) is 0 Å². The Morgan fingerprint density at radius 3 is 2.62 bits per heavy atom. The first kappa shape index (κ1) is 17.2. The van der Waals surface area contributed by atoms with Crippen LogP contribution in [0.2, 0.25) is 0 Å². The van der Waals surface area contributed by atoms with E-state index >= 15 is 0 Å². The number of methoxy groups -OCH3 is 1. The fourth-order valence-corrected chi connectivity index (χ4v) is 3.78. The fraction of sp³-hybridized carbons (Fsp3) is 0.0870. The summed E-state index contributed by atoms with van der Waals surface area (Å²) in [4.78, 5) is 32.6. The number of pyridine rings is 1. The van der Waals surface area contributed by atoms with Crippen molar-refractivity contribution in [1.29, 1.82) is 0 Å². The zero-order chi connectivity index (χ0) is 20.0. The van der Waals surface area contributed by atoms with Crippen LogP contribution in [0.1, 0.15) is 27.7 Å². The Morgan fingerprint density at radius 2 is 1.83 bits per heavy atom. The first-order chi connectivity index (χ1) is 14.2. The Morgan fingerprint density at radius 1 is 1.00 bits per heavy atom. The van der Waals surface area contributed by atoms with Gasteiger partial charge in [0.25, 0.3) is 5.91 Å². The van der Waals surface area contributed by atoms with Gasteiger partial charge in [-0.05, 0) is 42.0 Å². The summed E-state index contributed by atoms with van der Waals surface area (Å²) in [7, 11) is 1.57. The maximum Gasteiger partial charge on any atom is 0.296 e. The van der Waals surface area contributed by atoms with E-state index in [-0.39, 0.29) is 11.2 Å². The quantitative estimate of drug-likeness (QED) is 0.535. The van der Waals surface area contributed by atoms with Gasteiger partial charge >= 0.3 is 0 Å². The maximum atomic E-state index is 13.4. The van der Waals surface area contributed by atoms with E-state index in [1.165, 1.54) is 4.90 Å². The van der Waals surface area contributed by atoms with Crippen LogP contribution >= 0.6 is 0 Å². The lowest BCUT2D eigenvalue weighted by molar-refractivity contribution is 0.0970. The number of carbonyl (C=O) groups excluding carboxylic acids is 1. The third-order valence-electron chi connectivity index (χ3n) is 5.08. The molecule has 3 heterocycles. The molecule has 4 aromatic rings. The van der Waals surface area contributed by atoms with Gasteiger partial charge in [-0.2, -0.15) is 0 Å². The average Bonchev–Trinajstić information content (AvgIpc) is 3.07. The first-order valence-electron chi connectivity index (χ1n) is 9.13. The molecule has 5 rings (SSSR count). The molecule has 1 atom stereocenters. The predicted octanol–water partition coefficient (Wildman–Crippen LogP) is 3.95.